The summed E-state index contributed by atoms with van der Waals surface area (Å²) in [6, 6.07) is 16.2. The second-order valence-electron chi connectivity index (χ2n) is 5.80. The Kier molecular flexibility index (Phi) is 4.85. The van der Waals surface area contributed by atoms with Gasteiger partial charge in [0.1, 0.15) is 20.6 Å². The maximum absolute atomic E-state index is 11.8. The van der Waals surface area contributed by atoms with E-state index in [9.17, 15) is 8.42 Å². The fraction of sp³-hybridized carbons (Fsp3) is 0. The molecule has 0 amide bonds. The molecule has 0 atom stereocenters. The van der Waals surface area contributed by atoms with Gasteiger partial charge in [0.05, 0.1) is 11.4 Å². The lowest BCUT2D eigenvalue weighted by molar-refractivity contribution is 0.598. The van der Waals surface area contributed by atoms with Crippen molar-refractivity contribution in [2.75, 3.05) is 11.1 Å². The largest absolute Gasteiger partial charge is 0.382 e. The Balaban J connectivity index is 1.65. The summed E-state index contributed by atoms with van der Waals surface area (Å²) in [5.74, 6) is 0.328. The fourth-order valence-electron chi connectivity index (χ4n) is 2.59. The van der Waals surface area contributed by atoms with E-state index in [-0.39, 0.29) is 4.90 Å². The van der Waals surface area contributed by atoms with Crippen molar-refractivity contribution in [3.63, 3.8) is 0 Å². The van der Waals surface area contributed by atoms with E-state index < -0.39 is 10.0 Å². The third-order valence-electron chi connectivity index (χ3n) is 3.86. The van der Waals surface area contributed by atoms with Crippen LogP contribution < -0.4 is 16.2 Å². The first-order valence-electron chi connectivity index (χ1n) is 8.08. The highest BCUT2D eigenvalue weighted by atomic mass is 32.2. The van der Waals surface area contributed by atoms with E-state index in [4.69, 9.17) is 10.9 Å². The van der Waals surface area contributed by atoms with E-state index >= 15 is 0 Å². The molecular weight excluding hydrogens is 414 g/mol. The predicted octanol–water partition coefficient (Wildman–Crippen LogP) is 3.91. The van der Waals surface area contributed by atoms with Gasteiger partial charge in [0, 0.05) is 10.9 Å². The molecule has 0 aliphatic carbocycles. The molecule has 0 saturated heterocycles. The maximum atomic E-state index is 11.8. The second-order valence-corrected chi connectivity index (χ2v) is 9.19. The topological polar surface area (TPSA) is 124 Å². The number of nitrogens with zero attached hydrogens (tertiary/aromatic N) is 2. The second kappa shape index (κ2) is 7.32. The minimum atomic E-state index is -3.86. The van der Waals surface area contributed by atoms with Crippen molar-refractivity contribution in [2.24, 2.45) is 5.14 Å². The number of aromatic nitrogens is 2. The van der Waals surface area contributed by atoms with Gasteiger partial charge in [0.25, 0.3) is 0 Å². The normalized spacial score (nSPS) is 11.5. The molecule has 28 heavy (non-hydrogen) atoms. The average molecular weight is 430 g/mol. The van der Waals surface area contributed by atoms with Gasteiger partial charge in [-0.25, -0.2) is 23.5 Å². The molecule has 2 aromatic carbocycles. The molecule has 4 rings (SSSR count). The standard InChI is InChI=1S/C18H15N5O2S3/c19-16-15(17-21-13(10-26-17)11-6-2-1-3-7-11)27-18(23-16)22-12-8-4-5-9-14(12)28(20,24)25/h1-10H,19H2,(H,22,23)(H2,20,24,25). The molecule has 0 saturated carbocycles. The molecule has 7 nitrogen and oxygen atoms in total. The van der Waals surface area contributed by atoms with E-state index in [1.54, 1.807) is 18.2 Å². The van der Waals surface area contributed by atoms with Gasteiger partial charge in [-0.1, -0.05) is 53.8 Å². The molecular formula is C18H15N5O2S3. The number of hydrogen-bond donors (Lipinski definition) is 3. The molecule has 4 aromatic rings. The van der Waals surface area contributed by atoms with E-state index in [2.05, 4.69) is 15.3 Å². The first-order chi connectivity index (χ1) is 13.4. The summed E-state index contributed by atoms with van der Waals surface area (Å²) in [6.45, 7) is 0. The number of sulfonamides is 1. The Morgan fingerprint density at radius 3 is 2.43 bits per heavy atom. The number of nitrogens with two attached hydrogens (primary N) is 2. The van der Waals surface area contributed by atoms with Crippen LogP contribution in [0.1, 0.15) is 0 Å². The van der Waals surface area contributed by atoms with Crippen molar-refractivity contribution in [2.45, 2.75) is 4.90 Å². The number of nitrogen functional groups attached to an aromatic ring is 1. The summed E-state index contributed by atoms with van der Waals surface area (Å²) >= 11 is 2.77. The van der Waals surface area contributed by atoms with E-state index in [1.807, 2.05) is 35.7 Å². The number of nitrogens with one attached hydrogen (secondary N) is 1. The first kappa shape index (κ1) is 18.6. The quantitative estimate of drug-likeness (QED) is 0.442. The van der Waals surface area contributed by atoms with Gasteiger partial charge in [0.2, 0.25) is 10.0 Å². The number of primary sulfonamides is 1. The molecule has 0 bridgehead atoms. The minimum Gasteiger partial charge on any atom is -0.382 e. The predicted molar refractivity (Wildman–Crippen MR) is 114 cm³/mol. The van der Waals surface area contributed by atoms with Crippen LogP contribution in [0.5, 0.6) is 0 Å². The van der Waals surface area contributed by atoms with Crippen molar-refractivity contribution < 1.29 is 8.42 Å². The maximum Gasteiger partial charge on any atom is 0.240 e. The van der Waals surface area contributed by atoms with Gasteiger partial charge >= 0.3 is 0 Å². The lowest BCUT2D eigenvalue weighted by atomic mass is 10.2. The zero-order chi connectivity index (χ0) is 19.7. The van der Waals surface area contributed by atoms with Gasteiger partial charge in [-0.3, -0.25) is 0 Å². The number of anilines is 3. The van der Waals surface area contributed by atoms with Gasteiger partial charge in [-0.2, -0.15) is 0 Å². The highest BCUT2D eigenvalue weighted by Crippen LogP contribution is 2.39. The first-order valence-corrected chi connectivity index (χ1v) is 11.3. The molecule has 2 heterocycles. The van der Waals surface area contributed by atoms with Crippen molar-refractivity contribution in [3.05, 3.63) is 60.0 Å². The van der Waals surface area contributed by atoms with Crippen LogP contribution in [0.25, 0.3) is 21.1 Å². The van der Waals surface area contributed by atoms with Crippen LogP contribution >= 0.6 is 22.7 Å². The van der Waals surface area contributed by atoms with Crippen LogP contribution in [0.2, 0.25) is 0 Å². The number of thiazole rings is 2. The SMILES string of the molecule is Nc1nc(Nc2ccccc2S(N)(=O)=O)sc1-c1nc(-c2ccccc2)cs1. The van der Waals surface area contributed by atoms with E-state index in [0.29, 0.717) is 16.6 Å². The molecule has 0 fully saturated rings. The van der Waals surface area contributed by atoms with Gasteiger partial charge < -0.3 is 11.1 Å². The summed E-state index contributed by atoms with van der Waals surface area (Å²) in [5.41, 5.74) is 8.31. The third kappa shape index (κ3) is 3.76. The third-order valence-corrected chi connectivity index (χ3v) is 6.81. The summed E-state index contributed by atoms with van der Waals surface area (Å²) in [5, 5.41) is 11.4. The van der Waals surface area contributed by atoms with Crippen LogP contribution in [0.3, 0.4) is 0 Å². The number of hydrogen-bond acceptors (Lipinski definition) is 8. The van der Waals surface area contributed by atoms with Crippen molar-refractivity contribution in [1.29, 1.82) is 0 Å². The average Bonchev–Trinajstić information content (AvgIpc) is 3.29. The summed E-state index contributed by atoms with van der Waals surface area (Å²) < 4.78 is 23.5. The Labute approximate surface area is 169 Å². The molecule has 0 spiro atoms. The highest BCUT2D eigenvalue weighted by Gasteiger charge is 2.18. The molecule has 10 heteroatoms. The van der Waals surface area contributed by atoms with Crippen LogP contribution in [0, 0.1) is 0 Å². The monoisotopic (exact) mass is 429 g/mol. The smallest absolute Gasteiger partial charge is 0.240 e. The zero-order valence-corrected chi connectivity index (χ0v) is 16.8. The van der Waals surface area contributed by atoms with E-state index in [1.165, 1.54) is 28.7 Å². The Bertz CT molecular complexity index is 1230. The van der Waals surface area contributed by atoms with Crippen molar-refractivity contribution in [1.82, 2.24) is 9.97 Å². The molecule has 142 valence electrons. The van der Waals surface area contributed by atoms with Gasteiger partial charge in [-0.05, 0) is 12.1 Å². The van der Waals surface area contributed by atoms with Crippen LogP contribution in [-0.4, -0.2) is 18.4 Å². The Hall–Kier alpha value is -2.79. The molecule has 0 aliphatic rings. The molecule has 2 aromatic heterocycles. The summed E-state index contributed by atoms with van der Waals surface area (Å²) in [6.07, 6.45) is 0. The fourth-order valence-corrected chi connectivity index (χ4v) is 5.11. The van der Waals surface area contributed by atoms with Gasteiger partial charge in [0.15, 0.2) is 5.13 Å². The molecule has 0 unspecified atom stereocenters. The molecule has 5 N–H and O–H groups in total. The molecule has 0 radical (unpaired) electrons. The van der Waals surface area contributed by atoms with Gasteiger partial charge in [-0.15, -0.1) is 11.3 Å². The lowest BCUT2D eigenvalue weighted by Crippen LogP contribution is -2.13. The highest BCUT2D eigenvalue weighted by molar-refractivity contribution is 7.89. The summed E-state index contributed by atoms with van der Waals surface area (Å²) in [7, 11) is -3.86. The van der Waals surface area contributed by atoms with E-state index in [0.717, 1.165) is 21.1 Å². The number of para-hydroxylation sites is 1. The minimum absolute atomic E-state index is 0.00839. The van der Waals surface area contributed by atoms with Crippen molar-refractivity contribution in [3.8, 4) is 21.1 Å². The number of rotatable bonds is 5. The summed E-state index contributed by atoms with van der Waals surface area (Å²) in [4.78, 5) is 9.67. The Morgan fingerprint density at radius 1 is 0.964 bits per heavy atom. The van der Waals surface area contributed by atoms with Crippen LogP contribution in [0.4, 0.5) is 16.6 Å². The van der Waals surface area contributed by atoms with Crippen LogP contribution in [0.15, 0.2) is 64.9 Å². The Morgan fingerprint density at radius 2 is 1.68 bits per heavy atom. The molecule has 0 aliphatic heterocycles. The van der Waals surface area contributed by atoms with Crippen LogP contribution in [-0.2, 0) is 10.0 Å². The zero-order valence-electron chi connectivity index (χ0n) is 14.4. The van der Waals surface area contributed by atoms with Crippen molar-refractivity contribution >= 4 is 49.3 Å². The lowest BCUT2D eigenvalue weighted by Gasteiger charge is -2.07. The number of benzene rings is 2.